The lowest BCUT2D eigenvalue weighted by atomic mass is 9.90. The maximum absolute atomic E-state index is 11.9. The first-order valence-corrected chi connectivity index (χ1v) is 6.25. The molecule has 1 aromatic heterocycles. The van der Waals surface area contributed by atoms with Crippen molar-refractivity contribution in [3.05, 3.63) is 4.88 Å². The fourth-order valence-corrected chi connectivity index (χ4v) is 2.54. The van der Waals surface area contributed by atoms with Gasteiger partial charge in [-0.2, -0.15) is 0 Å². The molecule has 1 aromatic rings. The molecule has 0 atom stereocenters. The number of carbonyl (C=O) groups excluding carboxylic acids is 1. The summed E-state index contributed by atoms with van der Waals surface area (Å²) in [4.78, 5) is 16.6. The summed E-state index contributed by atoms with van der Waals surface area (Å²) in [5.74, 6) is 0.423. The zero-order valence-electron chi connectivity index (χ0n) is 8.75. The minimum Gasteiger partial charge on any atom is -0.382 e. The van der Waals surface area contributed by atoms with Crippen molar-refractivity contribution < 1.29 is 4.79 Å². The lowest BCUT2D eigenvalue weighted by Gasteiger charge is -2.14. The summed E-state index contributed by atoms with van der Waals surface area (Å²) in [6, 6.07) is 0. The first-order chi connectivity index (χ1) is 6.36. The highest BCUT2D eigenvalue weighted by Gasteiger charge is 2.27. The number of thioether (sulfide) groups is 1. The van der Waals surface area contributed by atoms with Crippen LogP contribution in [-0.4, -0.2) is 17.0 Å². The SMILES string of the molecule is CSc1nc(N)c(C(=O)C(C)(C)C)s1. The van der Waals surface area contributed by atoms with Crippen LogP contribution in [0.2, 0.25) is 0 Å². The van der Waals surface area contributed by atoms with Gasteiger partial charge in [-0.3, -0.25) is 4.79 Å². The topological polar surface area (TPSA) is 56.0 Å². The average molecular weight is 230 g/mol. The van der Waals surface area contributed by atoms with Crippen LogP contribution in [0, 0.1) is 5.41 Å². The van der Waals surface area contributed by atoms with E-state index >= 15 is 0 Å². The summed E-state index contributed by atoms with van der Waals surface area (Å²) >= 11 is 2.88. The van der Waals surface area contributed by atoms with E-state index in [-0.39, 0.29) is 5.78 Å². The molecule has 78 valence electrons. The molecule has 1 rings (SSSR count). The molecule has 0 amide bonds. The summed E-state index contributed by atoms with van der Waals surface area (Å²) in [5.41, 5.74) is 5.29. The van der Waals surface area contributed by atoms with Gasteiger partial charge in [-0.05, 0) is 6.26 Å². The standard InChI is InChI=1S/C9H14N2OS2/c1-9(2,3)6(12)5-7(10)11-8(13-4)14-5/h10H2,1-4H3. The second-order valence-electron chi connectivity index (χ2n) is 3.98. The number of nitrogen functional groups attached to an aromatic ring is 1. The number of carbonyl (C=O) groups is 1. The first-order valence-electron chi connectivity index (χ1n) is 4.21. The number of hydrogen-bond donors (Lipinski definition) is 1. The van der Waals surface area contributed by atoms with Crippen LogP contribution in [0.25, 0.3) is 0 Å². The molecular formula is C9H14N2OS2. The van der Waals surface area contributed by atoms with E-state index in [1.165, 1.54) is 23.1 Å². The van der Waals surface area contributed by atoms with Crippen LogP contribution >= 0.6 is 23.1 Å². The number of hydrogen-bond acceptors (Lipinski definition) is 5. The van der Waals surface area contributed by atoms with Gasteiger partial charge in [0.1, 0.15) is 10.7 Å². The highest BCUT2D eigenvalue weighted by molar-refractivity contribution is 8.00. The molecule has 0 saturated heterocycles. The molecule has 0 aromatic carbocycles. The molecule has 0 aliphatic carbocycles. The third-order valence-electron chi connectivity index (χ3n) is 1.70. The van der Waals surface area contributed by atoms with Crippen LogP contribution in [0.4, 0.5) is 5.82 Å². The van der Waals surface area contributed by atoms with Crippen LogP contribution in [0.3, 0.4) is 0 Å². The number of ketones is 1. The van der Waals surface area contributed by atoms with Gasteiger partial charge in [0.05, 0.1) is 0 Å². The number of anilines is 1. The second-order valence-corrected chi connectivity index (χ2v) is 6.03. The quantitative estimate of drug-likeness (QED) is 0.627. The number of nitrogens with zero attached hydrogens (tertiary/aromatic N) is 1. The maximum Gasteiger partial charge on any atom is 0.181 e. The summed E-state index contributed by atoms with van der Waals surface area (Å²) < 4.78 is 0.843. The van der Waals surface area contributed by atoms with Crippen LogP contribution in [0.1, 0.15) is 30.4 Å². The Morgan fingerprint density at radius 2 is 2.07 bits per heavy atom. The molecule has 0 saturated carbocycles. The monoisotopic (exact) mass is 230 g/mol. The van der Waals surface area contributed by atoms with Crippen molar-refractivity contribution in [1.29, 1.82) is 0 Å². The number of aromatic nitrogens is 1. The smallest absolute Gasteiger partial charge is 0.181 e. The van der Waals surface area contributed by atoms with E-state index in [1.807, 2.05) is 27.0 Å². The Kier molecular flexibility index (Phi) is 3.21. The highest BCUT2D eigenvalue weighted by atomic mass is 32.2. The number of rotatable bonds is 2. The molecule has 0 spiro atoms. The molecule has 0 radical (unpaired) electrons. The summed E-state index contributed by atoms with van der Waals surface area (Å²) in [6.07, 6.45) is 1.92. The molecule has 0 unspecified atom stereocenters. The van der Waals surface area contributed by atoms with Crippen LogP contribution in [-0.2, 0) is 0 Å². The van der Waals surface area contributed by atoms with E-state index in [1.54, 1.807) is 0 Å². The molecule has 14 heavy (non-hydrogen) atoms. The molecule has 3 nitrogen and oxygen atoms in total. The van der Waals surface area contributed by atoms with E-state index < -0.39 is 5.41 Å². The van der Waals surface area contributed by atoms with Gasteiger partial charge in [-0.15, -0.1) is 11.3 Å². The fourth-order valence-electron chi connectivity index (χ4n) is 0.902. The van der Waals surface area contributed by atoms with Crippen molar-refractivity contribution >= 4 is 34.7 Å². The van der Waals surface area contributed by atoms with E-state index in [4.69, 9.17) is 5.73 Å². The largest absolute Gasteiger partial charge is 0.382 e. The Morgan fingerprint density at radius 3 is 2.43 bits per heavy atom. The number of Topliss-reactive ketones (excluding diaryl/α,β-unsaturated/α-hetero) is 1. The lowest BCUT2D eigenvalue weighted by Crippen LogP contribution is -2.20. The number of thiazole rings is 1. The zero-order valence-corrected chi connectivity index (χ0v) is 10.4. The normalized spacial score (nSPS) is 11.7. The molecule has 0 aliphatic heterocycles. The Labute approximate surface area is 92.1 Å². The van der Waals surface area contributed by atoms with Gasteiger partial charge in [0.25, 0.3) is 0 Å². The predicted octanol–water partition coefficient (Wildman–Crippen LogP) is 2.68. The molecular weight excluding hydrogens is 216 g/mol. The van der Waals surface area contributed by atoms with Crippen molar-refractivity contribution in [2.24, 2.45) is 5.41 Å². The summed E-state index contributed by atoms with van der Waals surface area (Å²) in [5, 5.41) is 0. The van der Waals surface area contributed by atoms with E-state index in [0.29, 0.717) is 10.7 Å². The van der Waals surface area contributed by atoms with Crippen molar-refractivity contribution in [3.63, 3.8) is 0 Å². The van der Waals surface area contributed by atoms with Crippen molar-refractivity contribution in [3.8, 4) is 0 Å². The minimum atomic E-state index is -0.393. The zero-order chi connectivity index (χ0) is 10.9. The van der Waals surface area contributed by atoms with Gasteiger partial charge in [0, 0.05) is 5.41 Å². The Morgan fingerprint density at radius 1 is 1.50 bits per heavy atom. The van der Waals surface area contributed by atoms with Gasteiger partial charge in [-0.25, -0.2) is 4.98 Å². The highest BCUT2D eigenvalue weighted by Crippen LogP contribution is 2.32. The van der Waals surface area contributed by atoms with E-state index in [9.17, 15) is 4.79 Å². The number of nitrogens with two attached hydrogens (primary N) is 1. The van der Waals surface area contributed by atoms with Crippen molar-refractivity contribution in [1.82, 2.24) is 4.98 Å². The van der Waals surface area contributed by atoms with Gasteiger partial charge >= 0.3 is 0 Å². The summed E-state index contributed by atoms with van der Waals surface area (Å²) in [7, 11) is 0. The van der Waals surface area contributed by atoms with Gasteiger partial charge < -0.3 is 5.73 Å². The third-order valence-corrected chi connectivity index (χ3v) is 3.75. The average Bonchev–Trinajstić information content (AvgIpc) is 2.43. The third kappa shape index (κ3) is 2.27. The van der Waals surface area contributed by atoms with Crippen molar-refractivity contribution in [2.45, 2.75) is 25.1 Å². The molecule has 0 fully saturated rings. The molecule has 5 heteroatoms. The minimum absolute atomic E-state index is 0.0628. The van der Waals surface area contributed by atoms with Gasteiger partial charge in [0.2, 0.25) is 0 Å². The maximum atomic E-state index is 11.9. The Bertz CT molecular complexity index is 352. The molecule has 2 N–H and O–H groups in total. The van der Waals surface area contributed by atoms with E-state index in [0.717, 1.165) is 4.34 Å². The molecule has 1 heterocycles. The van der Waals surface area contributed by atoms with Crippen molar-refractivity contribution in [2.75, 3.05) is 12.0 Å². The van der Waals surface area contributed by atoms with Gasteiger partial charge in [-0.1, -0.05) is 32.5 Å². The fraction of sp³-hybridized carbons (Fsp3) is 0.556. The second kappa shape index (κ2) is 3.90. The summed E-state index contributed by atoms with van der Waals surface area (Å²) in [6.45, 7) is 5.65. The molecule has 0 aliphatic rings. The lowest BCUT2D eigenvalue weighted by molar-refractivity contribution is 0.0863. The predicted molar refractivity (Wildman–Crippen MR) is 62.1 cm³/mol. The Hall–Kier alpha value is -0.550. The van der Waals surface area contributed by atoms with Gasteiger partial charge in [0.15, 0.2) is 10.1 Å². The molecule has 0 bridgehead atoms. The van der Waals surface area contributed by atoms with E-state index in [2.05, 4.69) is 4.98 Å². The van der Waals surface area contributed by atoms with Crippen LogP contribution in [0.5, 0.6) is 0 Å². The Balaban J connectivity index is 3.07. The van der Waals surface area contributed by atoms with Crippen LogP contribution in [0.15, 0.2) is 4.34 Å². The first kappa shape index (κ1) is 11.5. The van der Waals surface area contributed by atoms with Crippen LogP contribution < -0.4 is 5.73 Å².